The van der Waals surface area contributed by atoms with Gasteiger partial charge in [-0.25, -0.2) is 0 Å². The smallest absolute Gasteiger partial charge is 0.258 e. The fraction of sp³-hybridized carbons (Fsp3) is 0.342. The van der Waals surface area contributed by atoms with Gasteiger partial charge in [-0.3, -0.25) is 14.4 Å². The van der Waals surface area contributed by atoms with Gasteiger partial charge in [0.05, 0.1) is 5.69 Å². The normalized spacial score (nSPS) is 15.4. The van der Waals surface area contributed by atoms with Crippen molar-refractivity contribution >= 4 is 34.2 Å². The van der Waals surface area contributed by atoms with Gasteiger partial charge in [-0.05, 0) is 54.8 Å². The van der Waals surface area contributed by atoms with Crippen LogP contribution in [0, 0.1) is 6.92 Å². The SMILES string of the molecule is Cc1ccc(CN(C(=O)CCCN2C(=O)c3cccc4cccc2c34)[C@H](Cc2ccccc2)C(=O)NC2CCCCC2)cc1. The summed E-state index contributed by atoms with van der Waals surface area (Å²) in [5, 5.41) is 5.34. The molecule has 6 heteroatoms. The van der Waals surface area contributed by atoms with Gasteiger partial charge in [-0.1, -0.05) is 104 Å². The van der Waals surface area contributed by atoms with E-state index < -0.39 is 6.04 Å². The summed E-state index contributed by atoms with van der Waals surface area (Å²) in [4.78, 5) is 45.1. The molecule has 1 atom stereocenters. The Kier molecular flexibility index (Phi) is 9.06. The third-order valence-electron chi connectivity index (χ3n) is 9.12. The minimum atomic E-state index is -0.639. The molecule has 0 aromatic heterocycles. The van der Waals surface area contributed by atoms with E-state index in [1.54, 1.807) is 9.80 Å². The number of nitrogens with zero attached hydrogens (tertiary/aromatic N) is 2. The topological polar surface area (TPSA) is 69.7 Å². The molecule has 1 fully saturated rings. The van der Waals surface area contributed by atoms with Crippen molar-refractivity contribution in [3.8, 4) is 0 Å². The second-order valence-corrected chi connectivity index (χ2v) is 12.3. The Morgan fingerprint density at radius 1 is 0.864 bits per heavy atom. The third kappa shape index (κ3) is 6.54. The van der Waals surface area contributed by atoms with Crippen LogP contribution in [0.4, 0.5) is 5.69 Å². The van der Waals surface area contributed by atoms with E-state index in [0.29, 0.717) is 31.5 Å². The number of hydrogen-bond donors (Lipinski definition) is 1. The summed E-state index contributed by atoms with van der Waals surface area (Å²) >= 11 is 0. The van der Waals surface area contributed by atoms with E-state index in [0.717, 1.165) is 58.8 Å². The highest BCUT2D eigenvalue weighted by Gasteiger charge is 2.33. The fourth-order valence-corrected chi connectivity index (χ4v) is 6.72. The van der Waals surface area contributed by atoms with Crippen LogP contribution in [0.25, 0.3) is 10.8 Å². The van der Waals surface area contributed by atoms with Crippen LogP contribution in [-0.4, -0.2) is 41.2 Å². The zero-order valence-electron chi connectivity index (χ0n) is 25.5. The Bertz CT molecular complexity index is 1620. The molecule has 3 amide bonds. The highest BCUT2D eigenvalue weighted by Crippen LogP contribution is 2.37. The molecule has 0 spiro atoms. The first-order valence-electron chi connectivity index (χ1n) is 16.0. The molecule has 0 bridgehead atoms. The molecule has 1 saturated carbocycles. The average Bonchev–Trinajstić information content (AvgIpc) is 3.32. The molecular formula is C38H41N3O3. The highest BCUT2D eigenvalue weighted by atomic mass is 16.2. The first kappa shape index (κ1) is 29.6. The lowest BCUT2D eigenvalue weighted by Gasteiger charge is -2.33. The van der Waals surface area contributed by atoms with Gasteiger partial charge in [0.2, 0.25) is 11.8 Å². The number of rotatable bonds is 11. The van der Waals surface area contributed by atoms with Gasteiger partial charge in [0.25, 0.3) is 5.91 Å². The lowest BCUT2D eigenvalue weighted by atomic mass is 9.94. The number of aryl methyl sites for hydroxylation is 1. The van der Waals surface area contributed by atoms with Crippen molar-refractivity contribution in [2.45, 2.75) is 76.9 Å². The summed E-state index contributed by atoms with van der Waals surface area (Å²) in [6.07, 6.45) is 6.59. The first-order valence-corrected chi connectivity index (χ1v) is 16.0. The molecule has 6 rings (SSSR count). The second kappa shape index (κ2) is 13.5. The monoisotopic (exact) mass is 587 g/mol. The van der Waals surface area contributed by atoms with Crippen LogP contribution in [0.5, 0.6) is 0 Å². The largest absolute Gasteiger partial charge is 0.352 e. The molecule has 0 radical (unpaired) electrons. The number of hydrogen-bond acceptors (Lipinski definition) is 3. The van der Waals surface area contributed by atoms with Crippen LogP contribution >= 0.6 is 0 Å². The number of anilines is 1. The number of carbonyl (C=O) groups is 3. The average molecular weight is 588 g/mol. The predicted molar refractivity (Wildman–Crippen MR) is 176 cm³/mol. The molecule has 0 unspecified atom stereocenters. The zero-order valence-corrected chi connectivity index (χ0v) is 25.5. The van der Waals surface area contributed by atoms with Gasteiger partial charge in [0, 0.05) is 42.9 Å². The van der Waals surface area contributed by atoms with Crippen LogP contribution in [0.2, 0.25) is 0 Å². The van der Waals surface area contributed by atoms with E-state index in [-0.39, 0.29) is 30.2 Å². The van der Waals surface area contributed by atoms with Crippen molar-refractivity contribution < 1.29 is 14.4 Å². The Balaban J connectivity index is 1.23. The van der Waals surface area contributed by atoms with Crippen molar-refractivity contribution in [1.29, 1.82) is 0 Å². The van der Waals surface area contributed by atoms with Gasteiger partial charge in [-0.15, -0.1) is 0 Å². The first-order chi connectivity index (χ1) is 21.5. The van der Waals surface area contributed by atoms with E-state index in [4.69, 9.17) is 0 Å². The highest BCUT2D eigenvalue weighted by molar-refractivity contribution is 6.25. The Morgan fingerprint density at radius 2 is 1.59 bits per heavy atom. The molecule has 1 aliphatic heterocycles. The summed E-state index contributed by atoms with van der Waals surface area (Å²) in [6, 6.07) is 29.4. The van der Waals surface area contributed by atoms with E-state index in [1.165, 1.54) is 6.42 Å². The molecule has 4 aromatic rings. The number of amides is 3. The van der Waals surface area contributed by atoms with Crippen molar-refractivity contribution in [1.82, 2.24) is 10.2 Å². The molecular weight excluding hydrogens is 546 g/mol. The summed E-state index contributed by atoms with van der Waals surface area (Å²) < 4.78 is 0. The Morgan fingerprint density at radius 3 is 2.34 bits per heavy atom. The fourth-order valence-electron chi connectivity index (χ4n) is 6.72. The van der Waals surface area contributed by atoms with Gasteiger partial charge in [-0.2, -0.15) is 0 Å². The van der Waals surface area contributed by atoms with Crippen molar-refractivity contribution in [3.63, 3.8) is 0 Å². The van der Waals surface area contributed by atoms with Crippen LogP contribution in [0.15, 0.2) is 91.0 Å². The molecule has 226 valence electrons. The predicted octanol–water partition coefficient (Wildman–Crippen LogP) is 6.98. The maximum Gasteiger partial charge on any atom is 0.258 e. The molecule has 1 N–H and O–H groups in total. The molecule has 2 aliphatic rings. The lowest BCUT2D eigenvalue weighted by molar-refractivity contribution is -0.141. The van der Waals surface area contributed by atoms with Crippen LogP contribution < -0.4 is 10.2 Å². The van der Waals surface area contributed by atoms with Crippen LogP contribution in [-0.2, 0) is 22.6 Å². The zero-order chi connectivity index (χ0) is 30.5. The van der Waals surface area contributed by atoms with Crippen molar-refractivity contribution in [2.75, 3.05) is 11.4 Å². The van der Waals surface area contributed by atoms with E-state index in [9.17, 15) is 14.4 Å². The molecule has 0 saturated heterocycles. The van der Waals surface area contributed by atoms with Crippen LogP contribution in [0.1, 0.15) is 72.0 Å². The van der Waals surface area contributed by atoms with Crippen molar-refractivity contribution in [3.05, 3.63) is 113 Å². The van der Waals surface area contributed by atoms with Gasteiger partial charge >= 0.3 is 0 Å². The maximum absolute atomic E-state index is 14.1. The molecule has 6 nitrogen and oxygen atoms in total. The molecule has 1 heterocycles. The van der Waals surface area contributed by atoms with E-state index in [2.05, 4.69) is 5.32 Å². The summed E-state index contributed by atoms with van der Waals surface area (Å²) in [7, 11) is 0. The minimum Gasteiger partial charge on any atom is -0.352 e. The molecule has 1 aliphatic carbocycles. The summed E-state index contributed by atoms with van der Waals surface area (Å²) in [5.74, 6) is -0.180. The van der Waals surface area contributed by atoms with Gasteiger partial charge < -0.3 is 15.1 Å². The van der Waals surface area contributed by atoms with Crippen molar-refractivity contribution in [2.24, 2.45) is 0 Å². The van der Waals surface area contributed by atoms with E-state index >= 15 is 0 Å². The minimum absolute atomic E-state index is 0.0189. The number of nitrogens with one attached hydrogen (secondary N) is 1. The van der Waals surface area contributed by atoms with Gasteiger partial charge in [0.1, 0.15) is 6.04 Å². The number of benzene rings is 4. The lowest BCUT2D eigenvalue weighted by Crippen LogP contribution is -2.52. The second-order valence-electron chi connectivity index (χ2n) is 12.3. The maximum atomic E-state index is 14.1. The Hall–Kier alpha value is -4.45. The number of carbonyl (C=O) groups excluding carboxylic acids is 3. The van der Waals surface area contributed by atoms with Crippen LogP contribution in [0.3, 0.4) is 0 Å². The Labute approximate surface area is 260 Å². The summed E-state index contributed by atoms with van der Waals surface area (Å²) in [6.45, 7) is 2.83. The van der Waals surface area contributed by atoms with Gasteiger partial charge in [0.15, 0.2) is 0 Å². The molecule has 44 heavy (non-hydrogen) atoms. The summed E-state index contributed by atoms with van der Waals surface area (Å²) in [5.41, 5.74) is 4.78. The third-order valence-corrected chi connectivity index (χ3v) is 9.12. The quantitative estimate of drug-likeness (QED) is 0.206. The molecule has 4 aromatic carbocycles. The van der Waals surface area contributed by atoms with E-state index in [1.807, 2.05) is 97.9 Å². The standard InChI is InChI=1S/C38H41N3O3/c1-27-20-22-29(23-21-27)26-41(34(25-28-11-4-2-5-12-28)37(43)39-31-15-6-3-7-16-31)35(42)19-10-24-40-33-18-9-14-30-13-8-17-32(36(30)33)38(40)44/h2,4-5,8-9,11-14,17-18,20-23,31,34H,3,6-7,10,15-16,19,24-26H2,1H3,(H,39,43)/t34-/m1/s1.